The number of aryl methyl sites for hydroxylation is 2. The fourth-order valence-electron chi connectivity index (χ4n) is 4.33. The Balaban J connectivity index is 2.06. The van der Waals surface area contributed by atoms with Gasteiger partial charge in [0.15, 0.2) is 0 Å². The van der Waals surface area contributed by atoms with Crippen molar-refractivity contribution in [3.8, 4) is 5.69 Å². The third-order valence-corrected chi connectivity index (χ3v) is 6.80. The number of benzene rings is 3. The van der Waals surface area contributed by atoms with Crippen molar-refractivity contribution in [2.24, 2.45) is 0 Å². The average Bonchev–Trinajstić information content (AvgIpc) is 2.80. The summed E-state index contributed by atoms with van der Waals surface area (Å²) in [6.07, 6.45) is 9.42. The van der Waals surface area contributed by atoms with Gasteiger partial charge in [-0.3, -0.25) is 0 Å². The molecule has 1 nitrogen and oxygen atoms in total. The van der Waals surface area contributed by atoms with Crippen LogP contribution >= 0.6 is 11.8 Å². The number of rotatable bonds is 8. The highest BCUT2D eigenvalue weighted by atomic mass is 32.2. The summed E-state index contributed by atoms with van der Waals surface area (Å²) in [6.45, 7) is 4.53. The van der Waals surface area contributed by atoms with Crippen LogP contribution in [0.25, 0.3) is 27.5 Å². The lowest BCUT2D eigenvalue weighted by molar-refractivity contribution is -0.538. The predicted octanol–water partition coefficient (Wildman–Crippen LogP) is 7.68. The summed E-state index contributed by atoms with van der Waals surface area (Å²) in [5.74, 6) is 0. The lowest BCUT2D eigenvalue weighted by Gasteiger charge is -2.12. The van der Waals surface area contributed by atoms with Gasteiger partial charge in [-0.1, -0.05) is 57.0 Å². The monoisotopic (exact) mass is 414 g/mol. The first kappa shape index (κ1) is 20.9. The molecular weight excluding hydrogens is 382 g/mol. The number of pyridine rings is 1. The van der Waals surface area contributed by atoms with Crippen molar-refractivity contribution in [3.63, 3.8) is 0 Å². The summed E-state index contributed by atoms with van der Waals surface area (Å²) in [5.41, 5.74) is 6.74. The Labute approximate surface area is 185 Å². The summed E-state index contributed by atoms with van der Waals surface area (Å²) >= 11 is 1.87. The molecule has 2 heteroatoms. The highest BCUT2D eigenvalue weighted by Crippen LogP contribution is 2.34. The molecule has 3 aromatic carbocycles. The molecule has 1 heterocycles. The molecule has 30 heavy (non-hydrogen) atoms. The largest absolute Gasteiger partial charge is 0.220 e. The Hall–Kier alpha value is -2.32. The zero-order valence-corrected chi connectivity index (χ0v) is 19.3. The van der Waals surface area contributed by atoms with E-state index in [4.69, 9.17) is 0 Å². The highest BCUT2D eigenvalue weighted by molar-refractivity contribution is 7.99. The molecule has 0 N–H and O–H groups in total. The molecule has 0 aliphatic rings. The molecule has 0 aliphatic heterocycles. The molecule has 0 fully saturated rings. The minimum absolute atomic E-state index is 1.14. The van der Waals surface area contributed by atoms with Crippen LogP contribution in [-0.4, -0.2) is 6.26 Å². The fraction of sp³-hybridized carbons (Fsp3) is 0.321. The molecule has 4 rings (SSSR count). The molecule has 0 atom stereocenters. The number of thioether (sulfide) groups is 1. The van der Waals surface area contributed by atoms with Crippen LogP contribution in [-0.2, 0) is 12.8 Å². The van der Waals surface area contributed by atoms with Gasteiger partial charge in [-0.15, -0.1) is 11.8 Å². The Morgan fingerprint density at radius 2 is 1.23 bits per heavy atom. The van der Waals surface area contributed by atoms with Gasteiger partial charge >= 0.3 is 0 Å². The standard InChI is InChI=1S/C28H32NS/c1-4-6-11-21-15-17-24-26(19-21)29(23-13-9-8-10-14-23)27-20-22(12-7-5-2)16-18-25(27)28(24)30-3/h8-10,13-20H,4-7,11-12H2,1-3H3/q+1. The van der Waals surface area contributed by atoms with E-state index in [1.54, 1.807) is 0 Å². The molecule has 0 amide bonds. The van der Waals surface area contributed by atoms with E-state index in [0.717, 1.165) is 12.8 Å². The van der Waals surface area contributed by atoms with E-state index in [1.807, 2.05) is 11.8 Å². The Morgan fingerprint density at radius 1 is 0.700 bits per heavy atom. The second kappa shape index (κ2) is 9.66. The van der Waals surface area contributed by atoms with Crippen LogP contribution in [0.2, 0.25) is 0 Å². The molecule has 0 spiro atoms. The van der Waals surface area contributed by atoms with E-state index in [1.165, 1.54) is 69.2 Å². The number of fused-ring (bicyclic) bond motifs is 2. The van der Waals surface area contributed by atoms with E-state index >= 15 is 0 Å². The smallest absolute Gasteiger partial charge is 0.153 e. The van der Waals surface area contributed by atoms with Gasteiger partial charge in [-0.05, 0) is 55.2 Å². The number of unbranched alkanes of at least 4 members (excludes halogenated alkanes) is 2. The van der Waals surface area contributed by atoms with Gasteiger partial charge in [0.1, 0.15) is 0 Å². The topological polar surface area (TPSA) is 3.88 Å². The van der Waals surface area contributed by atoms with E-state index in [0.29, 0.717) is 0 Å². The van der Waals surface area contributed by atoms with Crippen LogP contribution in [0.1, 0.15) is 50.7 Å². The molecule has 0 bridgehead atoms. The van der Waals surface area contributed by atoms with Crippen LogP contribution in [0.4, 0.5) is 0 Å². The van der Waals surface area contributed by atoms with Gasteiger partial charge in [0.05, 0.1) is 10.8 Å². The first-order valence-electron chi connectivity index (χ1n) is 11.3. The zero-order valence-electron chi connectivity index (χ0n) is 18.4. The maximum atomic E-state index is 2.48. The van der Waals surface area contributed by atoms with Crippen LogP contribution in [0, 0.1) is 0 Å². The second-order valence-corrected chi connectivity index (χ2v) is 8.93. The average molecular weight is 415 g/mol. The normalized spacial score (nSPS) is 11.4. The summed E-state index contributed by atoms with van der Waals surface area (Å²) < 4.78 is 2.48. The Morgan fingerprint density at radius 3 is 1.70 bits per heavy atom. The molecule has 0 aliphatic carbocycles. The van der Waals surface area contributed by atoms with Crippen LogP contribution in [0.5, 0.6) is 0 Å². The van der Waals surface area contributed by atoms with Crippen LogP contribution in [0.15, 0.2) is 71.6 Å². The third kappa shape index (κ3) is 4.11. The Bertz CT molecular complexity index is 1080. The molecule has 0 saturated carbocycles. The molecule has 154 valence electrons. The second-order valence-electron chi connectivity index (χ2n) is 8.11. The molecule has 0 radical (unpaired) electrons. The van der Waals surface area contributed by atoms with Gasteiger partial charge < -0.3 is 0 Å². The number of hydrogen-bond acceptors (Lipinski definition) is 1. The van der Waals surface area contributed by atoms with Crippen molar-refractivity contribution < 1.29 is 4.57 Å². The van der Waals surface area contributed by atoms with Crippen LogP contribution in [0.3, 0.4) is 0 Å². The van der Waals surface area contributed by atoms with E-state index < -0.39 is 0 Å². The zero-order chi connectivity index (χ0) is 20.9. The summed E-state index contributed by atoms with van der Waals surface area (Å²) in [7, 11) is 0. The van der Waals surface area contributed by atoms with Gasteiger partial charge in [-0.2, -0.15) is 4.57 Å². The summed E-state index contributed by atoms with van der Waals surface area (Å²) in [5, 5.41) is 2.70. The summed E-state index contributed by atoms with van der Waals surface area (Å²) in [6, 6.07) is 25.0. The molecule has 1 aromatic heterocycles. The van der Waals surface area contributed by atoms with Gasteiger partial charge in [0.25, 0.3) is 0 Å². The van der Waals surface area contributed by atoms with Gasteiger partial charge in [-0.25, -0.2) is 0 Å². The lowest BCUT2D eigenvalue weighted by Crippen LogP contribution is -2.33. The van der Waals surface area contributed by atoms with Crippen molar-refractivity contribution >= 4 is 33.6 Å². The molecular formula is C28H32NS+. The lowest BCUT2D eigenvalue weighted by atomic mass is 10.0. The number of aromatic nitrogens is 1. The van der Waals surface area contributed by atoms with Crippen LogP contribution < -0.4 is 4.57 Å². The van der Waals surface area contributed by atoms with E-state index in [-0.39, 0.29) is 0 Å². The Kier molecular flexibility index (Phi) is 6.74. The number of hydrogen-bond donors (Lipinski definition) is 0. The first-order valence-corrected chi connectivity index (χ1v) is 12.5. The van der Waals surface area contributed by atoms with E-state index in [9.17, 15) is 0 Å². The van der Waals surface area contributed by atoms with Crippen molar-refractivity contribution in [2.75, 3.05) is 6.26 Å². The minimum atomic E-state index is 1.14. The maximum Gasteiger partial charge on any atom is 0.220 e. The van der Waals surface area contributed by atoms with E-state index in [2.05, 4.69) is 91.4 Å². The quantitative estimate of drug-likeness (QED) is 0.162. The fourth-order valence-corrected chi connectivity index (χ4v) is 5.12. The maximum absolute atomic E-state index is 2.48. The number of para-hydroxylation sites is 1. The van der Waals surface area contributed by atoms with Gasteiger partial charge in [0, 0.05) is 29.2 Å². The first-order chi connectivity index (χ1) is 14.8. The van der Waals surface area contributed by atoms with Gasteiger partial charge in [0.2, 0.25) is 16.7 Å². The SMILES string of the molecule is CCCCc1ccc2c(SC)c3ccc(CCCC)cc3[n+](-c3ccccc3)c2c1. The summed E-state index contributed by atoms with van der Waals surface area (Å²) in [4.78, 5) is 1.39. The van der Waals surface area contributed by atoms with Crippen molar-refractivity contribution in [2.45, 2.75) is 57.3 Å². The van der Waals surface area contributed by atoms with Crippen molar-refractivity contribution in [3.05, 3.63) is 77.9 Å². The molecule has 0 saturated heterocycles. The van der Waals surface area contributed by atoms with Crippen molar-refractivity contribution in [1.82, 2.24) is 0 Å². The molecule has 4 aromatic rings. The van der Waals surface area contributed by atoms with Crippen molar-refractivity contribution in [1.29, 1.82) is 0 Å². The highest BCUT2D eigenvalue weighted by Gasteiger charge is 2.23. The number of nitrogens with zero attached hydrogens (tertiary/aromatic N) is 1. The third-order valence-electron chi connectivity index (χ3n) is 5.95. The minimum Gasteiger partial charge on any atom is -0.153 e. The predicted molar refractivity (Wildman–Crippen MR) is 132 cm³/mol. The molecule has 0 unspecified atom stereocenters.